The van der Waals surface area contributed by atoms with E-state index in [1.165, 1.54) is 31.2 Å². The second kappa shape index (κ2) is 3.37. The van der Waals surface area contributed by atoms with Gasteiger partial charge in [0, 0.05) is 6.42 Å². The highest BCUT2D eigenvalue weighted by atomic mass is 16.7. The highest BCUT2D eigenvalue weighted by molar-refractivity contribution is 6.01. The van der Waals surface area contributed by atoms with Crippen LogP contribution in [0.4, 0.5) is 0 Å². The van der Waals surface area contributed by atoms with Crippen molar-refractivity contribution in [3.05, 3.63) is 35.9 Å². The van der Waals surface area contributed by atoms with E-state index < -0.39 is 0 Å². The maximum absolute atomic E-state index is 5.66. The first kappa shape index (κ1) is 8.96. The largest absolute Gasteiger partial charge is 0.389 e. The van der Waals surface area contributed by atoms with Gasteiger partial charge in [-0.1, -0.05) is 35.5 Å². The van der Waals surface area contributed by atoms with Gasteiger partial charge in [-0.3, -0.25) is 0 Å². The van der Waals surface area contributed by atoms with Crippen molar-refractivity contribution < 1.29 is 4.84 Å². The zero-order chi connectivity index (χ0) is 10.1. The number of benzene rings is 1. The Morgan fingerprint density at radius 3 is 2.53 bits per heavy atom. The number of nitrogens with zero attached hydrogens (tertiary/aromatic N) is 1. The van der Waals surface area contributed by atoms with Crippen molar-refractivity contribution in [2.45, 2.75) is 37.7 Å². The Morgan fingerprint density at radius 2 is 1.80 bits per heavy atom. The minimum atomic E-state index is 0.0607. The zero-order valence-corrected chi connectivity index (χ0v) is 8.78. The van der Waals surface area contributed by atoms with Gasteiger partial charge < -0.3 is 4.84 Å². The van der Waals surface area contributed by atoms with Crippen molar-refractivity contribution in [3.63, 3.8) is 0 Å². The molecule has 0 saturated heterocycles. The van der Waals surface area contributed by atoms with Crippen LogP contribution >= 0.6 is 0 Å². The molecule has 15 heavy (non-hydrogen) atoms. The molecule has 1 aliphatic carbocycles. The van der Waals surface area contributed by atoms with Crippen LogP contribution in [-0.4, -0.2) is 11.3 Å². The third kappa shape index (κ3) is 1.54. The van der Waals surface area contributed by atoms with E-state index in [1.807, 2.05) is 6.07 Å². The minimum Gasteiger partial charge on any atom is -0.389 e. The Morgan fingerprint density at radius 1 is 1.07 bits per heavy atom. The summed E-state index contributed by atoms with van der Waals surface area (Å²) < 4.78 is 0. The van der Waals surface area contributed by atoms with Gasteiger partial charge in [-0.15, -0.1) is 0 Å². The van der Waals surface area contributed by atoms with Crippen LogP contribution in [0, 0.1) is 0 Å². The lowest BCUT2D eigenvalue weighted by Gasteiger charge is -2.19. The Labute approximate surface area is 89.9 Å². The standard InChI is InChI=1S/C13H15NO/c1-2-6-11(7-3-1)12-10-13(15-14-12)8-4-5-9-13/h1-3,6-7H,4-5,8-10H2. The molecule has 0 unspecified atom stereocenters. The monoisotopic (exact) mass is 201 g/mol. The highest BCUT2D eigenvalue weighted by Gasteiger charge is 2.41. The van der Waals surface area contributed by atoms with Crippen LogP contribution in [0.5, 0.6) is 0 Å². The molecule has 2 aliphatic rings. The van der Waals surface area contributed by atoms with Crippen LogP contribution < -0.4 is 0 Å². The van der Waals surface area contributed by atoms with Gasteiger partial charge in [0.1, 0.15) is 5.60 Å². The van der Waals surface area contributed by atoms with E-state index in [0.717, 1.165) is 12.1 Å². The molecule has 3 rings (SSSR count). The predicted octanol–water partition coefficient (Wildman–Crippen LogP) is 3.12. The SMILES string of the molecule is c1ccc(C2=NOC3(CCCC3)C2)cc1. The third-order valence-corrected chi connectivity index (χ3v) is 3.46. The molecule has 0 amide bonds. The van der Waals surface area contributed by atoms with Gasteiger partial charge in [0.25, 0.3) is 0 Å². The summed E-state index contributed by atoms with van der Waals surface area (Å²) in [5.41, 5.74) is 2.39. The molecular formula is C13H15NO. The molecule has 0 radical (unpaired) electrons. The van der Waals surface area contributed by atoms with E-state index in [9.17, 15) is 0 Å². The summed E-state index contributed by atoms with van der Waals surface area (Å²) in [6.45, 7) is 0. The second-order valence-electron chi connectivity index (χ2n) is 4.56. The molecule has 2 heteroatoms. The first-order valence-electron chi connectivity index (χ1n) is 5.69. The predicted molar refractivity (Wildman–Crippen MR) is 59.9 cm³/mol. The van der Waals surface area contributed by atoms with Gasteiger partial charge in [0.05, 0.1) is 5.71 Å². The molecule has 1 fully saturated rings. The highest BCUT2D eigenvalue weighted by Crippen LogP contribution is 2.40. The molecule has 1 heterocycles. The van der Waals surface area contributed by atoms with Crippen molar-refractivity contribution in [3.8, 4) is 0 Å². The lowest BCUT2D eigenvalue weighted by atomic mass is 9.93. The fourth-order valence-corrected chi connectivity index (χ4v) is 2.59. The lowest BCUT2D eigenvalue weighted by Crippen LogP contribution is -2.24. The van der Waals surface area contributed by atoms with Crippen molar-refractivity contribution in [2.75, 3.05) is 0 Å². The Hall–Kier alpha value is -1.31. The summed E-state index contributed by atoms with van der Waals surface area (Å²) >= 11 is 0. The van der Waals surface area contributed by atoms with Crippen LogP contribution in [0.1, 0.15) is 37.7 Å². The van der Waals surface area contributed by atoms with E-state index in [2.05, 4.69) is 29.4 Å². The van der Waals surface area contributed by atoms with Gasteiger partial charge in [-0.25, -0.2) is 0 Å². The molecule has 1 spiro atoms. The molecule has 1 aliphatic heterocycles. The fourth-order valence-electron chi connectivity index (χ4n) is 2.59. The fraction of sp³-hybridized carbons (Fsp3) is 0.462. The van der Waals surface area contributed by atoms with Crippen molar-refractivity contribution in [1.29, 1.82) is 0 Å². The number of hydrogen-bond acceptors (Lipinski definition) is 2. The van der Waals surface area contributed by atoms with Crippen LogP contribution in [0.3, 0.4) is 0 Å². The number of rotatable bonds is 1. The van der Waals surface area contributed by atoms with E-state index in [4.69, 9.17) is 4.84 Å². The lowest BCUT2D eigenvalue weighted by molar-refractivity contribution is -0.0126. The molecule has 1 aromatic carbocycles. The quantitative estimate of drug-likeness (QED) is 0.684. The maximum atomic E-state index is 5.66. The molecular weight excluding hydrogens is 186 g/mol. The van der Waals surface area contributed by atoms with Gasteiger partial charge >= 0.3 is 0 Å². The van der Waals surface area contributed by atoms with E-state index in [1.54, 1.807) is 0 Å². The molecule has 2 nitrogen and oxygen atoms in total. The molecule has 0 aromatic heterocycles. The van der Waals surface area contributed by atoms with Crippen molar-refractivity contribution in [2.24, 2.45) is 5.16 Å². The Bertz CT molecular complexity index is 377. The average Bonchev–Trinajstić information content (AvgIpc) is 2.91. The smallest absolute Gasteiger partial charge is 0.143 e. The van der Waals surface area contributed by atoms with Gasteiger partial charge in [-0.05, 0) is 31.2 Å². The zero-order valence-electron chi connectivity index (χ0n) is 8.78. The van der Waals surface area contributed by atoms with Gasteiger partial charge in [0.15, 0.2) is 0 Å². The Balaban J connectivity index is 1.81. The first-order chi connectivity index (χ1) is 7.38. The molecule has 1 aromatic rings. The van der Waals surface area contributed by atoms with E-state index in [0.29, 0.717) is 0 Å². The minimum absolute atomic E-state index is 0.0607. The topological polar surface area (TPSA) is 21.6 Å². The Kier molecular flexibility index (Phi) is 2.01. The van der Waals surface area contributed by atoms with Crippen molar-refractivity contribution in [1.82, 2.24) is 0 Å². The van der Waals surface area contributed by atoms with Gasteiger partial charge in [0.2, 0.25) is 0 Å². The summed E-state index contributed by atoms with van der Waals surface area (Å²) in [7, 11) is 0. The van der Waals surface area contributed by atoms with Crippen LogP contribution in [-0.2, 0) is 4.84 Å². The molecule has 0 bridgehead atoms. The molecule has 1 saturated carbocycles. The van der Waals surface area contributed by atoms with Crippen LogP contribution in [0.25, 0.3) is 0 Å². The summed E-state index contributed by atoms with van der Waals surface area (Å²) in [4.78, 5) is 5.66. The van der Waals surface area contributed by atoms with Gasteiger partial charge in [-0.2, -0.15) is 0 Å². The maximum Gasteiger partial charge on any atom is 0.143 e. The van der Waals surface area contributed by atoms with E-state index in [-0.39, 0.29) is 5.60 Å². The van der Waals surface area contributed by atoms with Crippen LogP contribution in [0.15, 0.2) is 35.5 Å². The van der Waals surface area contributed by atoms with E-state index >= 15 is 0 Å². The van der Waals surface area contributed by atoms with Crippen molar-refractivity contribution >= 4 is 5.71 Å². The molecule has 0 N–H and O–H groups in total. The number of hydrogen-bond donors (Lipinski definition) is 0. The third-order valence-electron chi connectivity index (χ3n) is 3.46. The molecule has 0 atom stereocenters. The summed E-state index contributed by atoms with van der Waals surface area (Å²) in [5.74, 6) is 0. The normalized spacial score (nSPS) is 22.8. The van der Waals surface area contributed by atoms with Crippen LogP contribution in [0.2, 0.25) is 0 Å². The summed E-state index contributed by atoms with van der Waals surface area (Å²) in [6.07, 6.45) is 5.92. The second-order valence-corrected chi connectivity index (χ2v) is 4.56. The summed E-state index contributed by atoms with van der Waals surface area (Å²) in [6, 6.07) is 10.4. The molecule has 78 valence electrons. The first-order valence-corrected chi connectivity index (χ1v) is 5.69. The summed E-state index contributed by atoms with van der Waals surface area (Å²) in [5, 5.41) is 4.26. The number of oxime groups is 1. The average molecular weight is 201 g/mol.